The Morgan fingerprint density at radius 1 is 0.960 bits per heavy atom. The van der Waals surface area contributed by atoms with Gasteiger partial charge in [-0.2, -0.15) is 0 Å². The lowest BCUT2D eigenvalue weighted by Crippen LogP contribution is -2.40. The minimum absolute atomic E-state index is 0.192. The van der Waals surface area contributed by atoms with Gasteiger partial charge >= 0.3 is 0 Å². The molecule has 6 heteroatoms. The van der Waals surface area contributed by atoms with E-state index in [-0.39, 0.29) is 11.1 Å². The first-order valence-corrected chi connectivity index (χ1v) is 9.68. The van der Waals surface area contributed by atoms with Gasteiger partial charge in [0, 0.05) is 18.8 Å². The maximum Gasteiger partial charge on any atom is 0.294 e. The van der Waals surface area contributed by atoms with E-state index in [4.69, 9.17) is 0 Å². The van der Waals surface area contributed by atoms with Crippen LogP contribution >= 0.6 is 11.8 Å². The van der Waals surface area contributed by atoms with E-state index in [1.807, 2.05) is 26.0 Å². The van der Waals surface area contributed by atoms with Crippen molar-refractivity contribution in [2.24, 2.45) is 0 Å². The molecule has 136 valence electrons. The molecule has 0 atom stereocenters. The SMILES string of the molecule is CCN(CC)CN1C(=O)S/C(=C\c2ccc(N(CC)CC)cc2)C1=O. The van der Waals surface area contributed by atoms with Crippen LogP contribution in [0.2, 0.25) is 0 Å². The van der Waals surface area contributed by atoms with Crippen molar-refractivity contribution in [1.82, 2.24) is 9.80 Å². The number of hydrogen-bond acceptors (Lipinski definition) is 5. The summed E-state index contributed by atoms with van der Waals surface area (Å²) in [5, 5.41) is -0.192. The minimum atomic E-state index is -0.199. The number of thioether (sulfide) groups is 1. The topological polar surface area (TPSA) is 43.9 Å². The van der Waals surface area contributed by atoms with Crippen LogP contribution in [0, 0.1) is 0 Å². The minimum Gasteiger partial charge on any atom is -0.372 e. The molecule has 0 saturated carbocycles. The van der Waals surface area contributed by atoms with Gasteiger partial charge in [0.05, 0.1) is 11.6 Å². The lowest BCUT2D eigenvalue weighted by molar-refractivity contribution is -0.124. The van der Waals surface area contributed by atoms with Crippen LogP contribution in [-0.2, 0) is 4.79 Å². The summed E-state index contributed by atoms with van der Waals surface area (Å²) in [6.45, 7) is 12.2. The Balaban J connectivity index is 2.13. The third-order valence-electron chi connectivity index (χ3n) is 4.43. The first-order chi connectivity index (χ1) is 12.0. The Hall–Kier alpha value is -1.79. The van der Waals surface area contributed by atoms with Gasteiger partial charge in [0.25, 0.3) is 11.1 Å². The molecule has 0 aliphatic carbocycles. The van der Waals surface area contributed by atoms with E-state index in [0.717, 1.165) is 49.2 Å². The molecule has 1 aromatic carbocycles. The Labute approximate surface area is 154 Å². The van der Waals surface area contributed by atoms with Crippen molar-refractivity contribution in [2.75, 3.05) is 37.7 Å². The molecule has 1 saturated heterocycles. The molecule has 25 heavy (non-hydrogen) atoms. The molecule has 0 radical (unpaired) electrons. The first-order valence-electron chi connectivity index (χ1n) is 8.86. The summed E-state index contributed by atoms with van der Waals surface area (Å²) in [6.07, 6.45) is 1.80. The summed E-state index contributed by atoms with van der Waals surface area (Å²) >= 11 is 1.02. The van der Waals surface area contributed by atoms with E-state index in [2.05, 4.69) is 35.8 Å². The van der Waals surface area contributed by atoms with Gasteiger partial charge < -0.3 is 4.90 Å². The summed E-state index contributed by atoms with van der Waals surface area (Å²) < 4.78 is 0. The number of carbonyl (C=O) groups excluding carboxylic acids is 2. The molecule has 2 rings (SSSR count). The van der Waals surface area contributed by atoms with Crippen molar-refractivity contribution in [3.63, 3.8) is 0 Å². The summed E-state index contributed by atoms with van der Waals surface area (Å²) in [7, 11) is 0. The monoisotopic (exact) mass is 361 g/mol. The molecule has 1 aromatic rings. The highest BCUT2D eigenvalue weighted by atomic mass is 32.2. The molecule has 1 aliphatic heterocycles. The largest absolute Gasteiger partial charge is 0.372 e. The molecule has 5 nitrogen and oxygen atoms in total. The van der Waals surface area contributed by atoms with E-state index in [1.165, 1.54) is 4.90 Å². The van der Waals surface area contributed by atoms with Crippen LogP contribution in [0.25, 0.3) is 6.08 Å². The van der Waals surface area contributed by atoms with Gasteiger partial charge in [0.2, 0.25) is 0 Å². The second kappa shape index (κ2) is 9.06. The van der Waals surface area contributed by atoms with E-state index in [0.29, 0.717) is 11.6 Å². The highest BCUT2D eigenvalue weighted by molar-refractivity contribution is 8.18. The molecule has 0 unspecified atom stereocenters. The molecule has 0 spiro atoms. The Morgan fingerprint density at radius 2 is 1.56 bits per heavy atom. The lowest BCUT2D eigenvalue weighted by Gasteiger charge is -2.23. The van der Waals surface area contributed by atoms with Crippen LogP contribution in [-0.4, -0.2) is 53.8 Å². The highest BCUT2D eigenvalue weighted by Crippen LogP contribution is 2.32. The second-order valence-electron chi connectivity index (χ2n) is 5.82. The lowest BCUT2D eigenvalue weighted by atomic mass is 10.1. The van der Waals surface area contributed by atoms with Gasteiger partial charge in [-0.05, 0) is 62.5 Å². The smallest absolute Gasteiger partial charge is 0.294 e. The van der Waals surface area contributed by atoms with E-state index < -0.39 is 0 Å². The third-order valence-corrected chi connectivity index (χ3v) is 5.34. The van der Waals surface area contributed by atoms with E-state index in [9.17, 15) is 9.59 Å². The summed E-state index contributed by atoms with van der Waals surface area (Å²) in [5.41, 5.74) is 2.10. The number of nitrogens with zero attached hydrogens (tertiary/aromatic N) is 3. The Bertz CT molecular complexity index is 635. The number of rotatable bonds is 8. The second-order valence-corrected chi connectivity index (χ2v) is 6.81. The Kier molecular flexibility index (Phi) is 7.08. The van der Waals surface area contributed by atoms with E-state index in [1.54, 1.807) is 6.08 Å². The van der Waals surface area contributed by atoms with Crippen LogP contribution in [0.4, 0.5) is 10.5 Å². The predicted octanol–water partition coefficient (Wildman–Crippen LogP) is 3.87. The van der Waals surface area contributed by atoms with Crippen LogP contribution < -0.4 is 4.90 Å². The van der Waals surface area contributed by atoms with Gasteiger partial charge in [-0.25, -0.2) is 0 Å². The zero-order valence-electron chi connectivity index (χ0n) is 15.5. The average molecular weight is 362 g/mol. The summed E-state index contributed by atoms with van der Waals surface area (Å²) in [4.78, 5) is 30.8. The van der Waals surface area contributed by atoms with Crippen molar-refractivity contribution in [3.8, 4) is 0 Å². The van der Waals surface area contributed by atoms with Crippen LogP contribution in [0.1, 0.15) is 33.3 Å². The Morgan fingerprint density at radius 3 is 2.08 bits per heavy atom. The third kappa shape index (κ3) is 4.64. The normalized spacial score (nSPS) is 16.4. The molecule has 0 N–H and O–H groups in total. The van der Waals surface area contributed by atoms with Crippen LogP contribution in [0.15, 0.2) is 29.2 Å². The maximum absolute atomic E-state index is 12.5. The molecule has 0 aromatic heterocycles. The molecule has 2 amide bonds. The van der Waals surface area contributed by atoms with Crippen molar-refractivity contribution in [1.29, 1.82) is 0 Å². The van der Waals surface area contributed by atoms with Crippen molar-refractivity contribution in [3.05, 3.63) is 34.7 Å². The molecule has 1 aliphatic rings. The first kappa shape index (κ1) is 19.5. The zero-order chi connectivity index (χ0) is 18.4. The number of anilines is 1. The molecular formula is C19H27N3O2S. The van der Waals surface area contributed by atoms with Gasteiger partial charge in [0.1, 0.15) is 0 Å². The van der Waals surface area contributed by atoms with Crippen molar-refractivity contribution >= 4 is 34.7 Å². The van der Waals surface area contributed by atoms with Crippen LogP contribution in [0.5, 0.6) is 0 Å². The fraction of sp³-hybridized carbons (Fsp3) is 0.474. The van der Waals surface area contributed by atoms with Crippen LogP contribution in [0.3, 0.4) is 0 Å². The quantitative estimate of drug-likeness (QED) is 0.658. The number of imide groups is 1. The van der Waals surface area contributed by atoms with E-state index >= 15 is 0 Å². The number of hydrogen-bond donors (Lipinski definition) is 0. The number of carbonyl (C=O) groups is 2. The summed E-state index contributed by atoms with van der Waals surface area (Å²) in [5.74, 6) is -0.199. The van der Waals surface area contributed by atoms with Crippen molar-refractivity contribution < 1.29 is 9.59 Å². The predicted molar refractivity (Wildman–Crippen MR) is 106 cm³/mol. The molecule has 0 bridgehead atoms. The standard InChI is InChI=1S/C19H27N3O2S/c1-5-20(6-2)14-22-18(23)17(25-19(22)24)13-15-9-11-16(12-10-15)21(7-3)8-4/h9-13H,5-8,14H2,1-4H3/b17-13-. The highest BCUT2D eigenvalue weighted by Gasteiger charge is 2.35. The fourth-order valence-corrected chi connectivity index (χ4v) is 3.60. The average Bonchev–Trinajstić information content (AvgIpc) is 2.89. The number of amides is 2. The molecule has 1 heterocycles. The van der Waals surface area contributed by atoms with Gasteiger partial charge in [-0.1, -0.05) is 26.0 Å². The fourth-order valence-electron chi connectivity index (χ4n) is 2.77. The van der Waals surface area contributed by atoms with Gasteiger partial charge in [-0.3, -0.25) is 19.4 Å². The summed E-state index contributed by atoms with van der Waals surface area (Å²) in [6, 6.07) is 8.09. The van der Waals surface area contributed by atoms with Gasteiger partial charge in [-0.15, -0.1) is 0 Å². The molecular weight excluding hydrogens is 334 g/mol. The van der Waals surface area contributed by atoms with Gasteiger partial charge in [0.15, 0.2) is 0 Å². The number of benzene rings is 1. The zero-order valence-corrected chi connectivity index (χ0v) is 16.3. The van der Waals surface area contributed by atoms with Crippen molar-refractivity contribution in [2.45, 2.75) is 27.7 Å². The molecule has 1 fully saturated rings. The maximum atomic E-state index is 12.5.